The average Bonchev–Trinajstić information content (AvgIpc) is 2.18. The van der Waals surface area contributed by atoms with Crippen LogP contribution in [0.4, 0.5) is 11.5 Å². The number of hydrogen-bond acceptors (Lipinski definition) is 5. The lowest BCUT2D eigenvalue weighted by Crippen LogP contribution is -2.17. The Morgan fingerprint density at radius 1 is 1.73 bits per heavy atom. The Morgan fingerprint density at radius 3 is 3.13 bits per heavy atom. The predicted molar refractivity (Wildman–Crippen MR) is 58.7 cm³/mol. The van der Waals surface area contributed by atoms with Crippen LogP contribution in [0.15, 0.2) is 11.1 Å². The molecule has 0 aliphatic carbocycles. The zero-order valence-corrected chi connectivity index (χ0v) is 8.66. The molecular weight excluding hydrogens is 196 g/mol. The number of aliphatic hydroxyl groups is 1. The fourth-order valence-electron chi connectivity index (χ4n) is 1.16. The van der Waals surface area contributed by atoms with Crippen LogP contribution in [0, 0.1) is 0 Å². The largest absolute Gasteiger partial charge is 0.393 e. The van der Waals surface area contributed by atoms with Crippen molar-refractivity contribution in [2.24, 2.45) is 0 Å². The minimum atomic E-state index is -0.344. The molecular formula is C9H16N4O2. The monoisotopic (exact) mass is 212 g/mol. The molecule has 1 unspecified atom stereocenters. The van der Waals surface area contributed by atoms with Crippen LogP contribution >= 0.6 is 0 Å². The number of nitrogens with one attached hydrogen (secondary N) is 2. The van der Waals surface area contributed by atoms with Crippen molar-refractivity contribution >= 4 is 11.5 Å². The molecule has 1 aromatic heterocycles. The first-order valence-electron chi connectivity index (χ1n) is 4.86. The number of nitrogens with zero attached hydrogens (tertiary/aromatic N) is 1. The number of aromatic amines is 1. The quantitative estimate of drug-likeness (QED) is 0.511. The summed E-state index contributed by atoms with van der Waals surface area (Å²) in [5, 5.41) is 12.0. The van der Waals surface area contributed by atoms with Gasteiger partial charge < -0.3 is 21.1 Å². The zero-order chi connectivity index (χ0) is 11.3. The Hall–Kier alpha value is -1.56. The van der Waals surface area contributed by atoms with Crippen molar-refractivity contribution in [3.63, 3.8) is 0 Å². The summed E-state index contributed by atoms with van der Waals surface area (Å²) in [4.78, 5) is 17.4. The van der Waals surface area contributed by atoms with Crippen molar-refractivity contribution in [3.05, 3.63) is 16.7 Å². The van der Waals surface area contributed by atoms with Crippen molar-refractivity contribution < 1.29 is 5.11 Å². The average molecular weight is 212 g/mol. The molecule has 0 aliphatic heterocycles. The van der Waals surface area contributed by atoms with Crippen molar-refractivity contribution in [2.45, 2.75) is 25.9 Å². The van der Waals surface area contributed by atoms with E-state index in [1.54, 1.807) is 6.92 Å². The van der Waals surface area contributed by atoms with Gasteiger partial charge in [-0.25, -0.2) is 4.98 Å². The van der Waals surface area contributed by atoms with Crippen LogP contribution in [0.3, 0.4) is 0 Å². The number of anilines is 2. The molecule has 0 spiro atoms. The van der Waals surface area contributed by atoms with Crippen molar-refractivity contribution in [1.29, 1.82) is 0 Å². The Labute approximate surface area is 87.5 Å². The molecule has 1 atom stereocenters. The number of hydrogen-bond donors (Lipinski definition) is 4. The van der Waals surface area contributed by atoms with Gasteiger partial charge in [0.15, 0.2) is 5.82 Å². The van der Waals surface area contributed by atoms with Gasteiger partial charge in [-0.1, -0.05) is 0 Å². The van der Waals surface area contributed by atoms with E-state index in [2.05, 4.69) is 15.3 Å². The lowest BCUT2D eigenvalue weighted by atomic mass is 10.2. The summed E-state index contributed by atoms with van der Waals surface area (Å²) in [6.07, 6.45) is 2.49. The van der Waals surface area contributed by atoms with Crippen LogP contribution in [0.25, 0.3) is 0 Å². The number of aromatic nitrogens is 2. The van der Waals surface area contributed by atoms with E-state index in [0.717, 1.165) is 6.42 Å². The lowest BCUT2D eigenvalue weighted by molar-refractivity contribution is 0.183. The first-order valence-corrected chi connectivity index (χ1v) is 4.86. The van der Waals surface area contributed by atoms with Gasteiger partial charge in [0, 0.05) is 6.54 Å². The second-order valence-electron chi connectivity index (χ2n) is 3.41. The van der Waals surface area contributed by atoms with E-state index in [1.807, 2.05) is 0 Å². The molecule has 0 saturated carbocycles. The molecule has 0 amide bonds. The number of nitrogen functional groups attached to an aromatic ring is 1. The second-order valence-corrected chi connectivity index (χ2v) is 3.41. The molecule has 0 fully saturated rings. The van der Waals surface area contributed by atoms with Gasteiger partial charge in [0.25, 0.3) is 5.56 Å². The molecule has 1 rings (SSSR count). The van der Waals surface area contributed by atoms with Gasteiger partial charge in [0.05, 0.1) is 12.4 Å². The Balaban J connectivity index is 2.44. The maximum atomic E-state index is 11.1. The molecule has 0 radical (unpaired) electrons. The molecule has 1 aromatic rings. The number of nitrogens with two attached hydrogens (primary N) is 1. The fourth-order valence-corrected chi connectivity index (χ4v) is 1.16. The van der Waals surface area contributed by atoms with E-state index in [-0.39, 0.29) is 17.4 Å². The highest BCUT2D eigenvalue weighted by Crippen LogP contribution is 2.07. The molecule has 0 saturated heterocycles. The van der Waals surface area contributed by atoms with Crippen LogP contribution < -0.4 is 16.6 Å². The van der Waals surface area contributed by atoms with Gasteiger partial charge in [-0.2, -0.15) is 0 Å². The normalized spacial score (nSPS) is 12.4. The van der Waals surface area contributed by atoms with Crippen LogP contribution in [0.5, 0.6) is 0 Å². The highest BCUT2D eigenvalue weighted by atomic mass is 16.3. The summed E-state index contributed by atoms with van der Waals surface area (Å²) in [6, 6.07) is 0. The highest BCUT2D eigenvalue weighted by molar-refractivity contribution is 5.58. The zero-order valence-electron chi connectivity index (χ0n) is 8.66. The topological polar surface area (TPSA) is 104 Å². The van der Waals surface area contributed by atoms with Gasteiger partial charge in [0.1, 0.15) is 5.69 Å². The van der Waals surface area contributed by atoms with Gasteiger partial charge >= 0.3 is 0 Å². The first kappa shape index (κ1) is 11.5. The molecule has 1 heterocycles. The van der Waals surface area contributed by atoms with E-state index in [4.69, 9.17) is 10.8 Å². The number of H-pyrrole nitrogens is 1. The molecule has 6 heteroatoms. The summed E-state index contributed by atoms with van der Waals surface area (Å²) in [5.74, 6) is 0.393. The molecule has 84 valence electrons. The van der Waals surface area contributed by atoms with E-state index >= 15 is 0 Å². The van der Waals surface area contributed by atoms with Gasteiger partial charge in [-0.15, -0.1) is 0 Å². The van der Waals surface area contributed by atoms with E-state index < -0.39 is 0 Å². The second kappa shape index (κ2) is 5.35. The minimum absolute atomic E-state index is 0.0922. The summed E-state index contributed by atoms with van der Waals surface area (Å²) in [5.41, 5.74) is 5.25. The van der Waals surface area contributed by atoms with E-state index in [1.165, 1.54) is 6.33 Å². The Bertz CT molecular complexity index is 361. The molecule has 0 bridgehead atoms. The molecule has 0 aromatic carbocycles. The lowest BCUT2D eigenvalue weighted by Gasteiger charge is -2.07. The van der Waals surface area contributed by atoms with Gasteiger partial charge in [-0.3, -0.25) is 4.79 Å². The van der Waals surface area contributed by atoms with Gasteiger partial charge in [0.2, 0.25) is 0 Å². The molecule has 6 nitrogen and oxygen atoms in total. The number of rotatable bonds is 5. The summed E-state index contributed by atoms with van der Waals surface area (Å²) in [6.45, 7) is 2.37. The Morgan fingerprint density at radius 2 is 2.47 bits per heavy atom. The summed E-state index contributed by atoms with van der Waals surface area (Å²) >= 11 is 0. The molecule has 5 N–H and O–H groups in total. The third kappa shape index (κ3) is 3.59. The third-order valence-electron chi connectivity index (χ3n) is 1.98. The maximum Gasteiger partial charge on any atom is 0.276 e. The fraction of sp³-hybridized carbons (Fsp3) is 0.556. The van der Waals surface area contributed by atoms with Crippen LogP contribution in [-0.2, 0) is 0 Å². The van der Waals surface area contributed by atoms with Crippen molar-refractivity contribution in [1.82, 2.24) is 9.97 Å². The first-order chi connectivity index (χ1) is 7.11. The van der Waals surface area contributed by atoms with E-state index in [9.17, 15) is 4.79 Å². The van der Waals surface area contributed by atoms with E-state index in [0.29, 0.717) is 18.8 Å². The smallest absolute Gasteiger partial charge is 0.276 e. The predicted octanol–water partition coefficient (Wildman–Crippen LogP) is -0.0750. The molecule has 15 heavy (non-hydrogen) atoms. The number of aliphatic hydroxyl groups excluding tert-OH is 1. The maximum absolute atomic E-state index is 11.1. The SMILES string of the molecule is CC(O)CCCNc1nc[nH]c(=O)c1N. The minimum Gasteiger partial charge on any atom is -0.393 e. The van der Waals surface area contributed by atoms with Crippen LogP contribution in [0.1, 0.15) is 19.8 Å². The Kier molecular flexibility index (Phi) is 4.11. The van der Waals surface area contributed by atoms with Crippen LogP contribution in [-0.4, -0.2) is 27.7 Å². The highest BCUT2D eigenvalue weighted by Gasteiger charge is 2.03. The third-order valence-corrected chi connectivity index (χ3v) is 1.98. The van der Waals surface area contributed by atoms with Crippen molar-refractivity contribution in [2.75, 3.05) is 17.6 Å². The summed E-state index contributed by atoms with van der Waals surface area (Å²) < 4.78 is 0. The summed E-state index contributed by atoms with van der Waals surface area (Å²) in [7, 11) is 0. The standard InChI is InChI=1S/C9H16N4O2/c1-6(14)3-2-4-11-8-7(10)9(15)13-5-12-8/h5-6,14H,2-4,10H2,1H3,(H2,11,12,13,15). The van der Waals surface area contributed by atoms with Crippen molar-refractivity contribution in [3.8, 4) is 0 Å². The van der Waals surface area contributed by atoms with Crippen LogP contribution in [0.2, 0.25) is 0 Å². The van der Waals surface area contributed by atoms with Gasteiger partial charge in [-0.05, 0) is 19.8 Å². The molecule has 0 aliphatic rings.